The van der Waals surface area contributed by atoms with E-state index in [9.17, 15) is 9.59 Å². The lowest BCUT2D eigenvalue weighted by Crippen LogP contribution is -2.42. The Bertz CT molecular complexity index is 404. The number of rotatable bonds is 3. The molecule has 0 radical (unpaired) electrons. The second-order valence-electron chi connectivity index (χ2n) is 7.36. The molecule has 3 atom stereocenters. The van der Waals surface area contributed by atoms with Crippen molar-refractivity contribution in [2.45, 2.75) is 76.8 Å². The number of carbonyl (C=O) groups excluding carboxylic acids is 2. The van der Waals surface area contributed by atoms with Gasteiger partial charge in [-0.05, 0) is 31.6 Å². The summed E-state index contributed by atoms with van der Waals surface area (Å²) in [6, 6.07) is 0.738. The van der Waals surface area contributed by atoms with Crippen LogP contribution in [0.15, 0.2) is 0 Å². The molecular weight excluding hydrogens is 264 g/mol. The summed E-state index contributed by atoms with van der Waals surface area (Å²) in [5.74, 6) is 0.904. The van der Waals surface area contributed by atoms with Crippen molar-refractivity contribution < 1.29 is 9.59 Å². The highest BCUT2D eigenvalue weighted by Gasteiger charge is 2.39. The average Bonchev–Trinajstić information content (AvgIpc) is 3.07. The number of amides is 2. The van der Waals surface area contributed by atoms with E-state index in [1.807, 2.05) is 4.90 Å². The Morgan fingerprint density at radius 1 is 1.14 bits per heavy atom. The SMILES string of the molecule is C[C@@H]1CCC[C@@H](NC(=O)[C@H]2CC(=O)N(C3CCCC3)C2)C1. The van der Waals surface area contributed by atoms with Gasteiger partial charge in [-0.15, -0.1) is 0 Å². The van der Waals surface area contributed by atoms with Gasteiger partial charge in [-0.25, -0.2) is 0 Å². The molecule has 2 aliphatic carbocycles. The van der Waals surface area contributed by atoms with E-state index in [4.69, 9.17) is 0 Å². The van der Waals surface area contributed by atoms with Crippen molar-refractivity contribution in [1.29, 1.82) is 0 Å². The molecule has 4 heteroatoms. The van der Waals surface area contributed by atoms with E-state index < -0.39 is 0 Å². The van der Waals surface area contributed by atoms with E-state index in [0.29, 0.717) is 31.0 Å². The number of nitrogens with one attached hydrogen (secondary N) is 1. The summed E-state index contributed by atoms with van der Waals surface area (Å²) in [6.45, 7) is 2.91. The van der Waals surface area contributed by atoms with Gasteiger partial charge in [-0.1, -0.05) is 32.6 Å². The highest BCUT2D eigenvalue weighted by atomic mass is 16.2. The molecule has 0 aromatic rings. The predicted molar refractivity (Wildman–Crippen MR) is 81.6 cm³/mol. The van der Waals surface area contributed by atoms with Gasteiger partial charge in [0.15, 0.2) is 0 Å². The Morgan fingerprint density at radius 3 is 2.62 bits per heavy atom. The predicted octanol–water partition coefficient (Wildman–Crippen LogP) is 2.47. The molecule has 3 fully saturated rings. The smallest absolute Gasteiger partial charge is 0.225 e. The van der Waals surface area contributed by atoms with Gasteiger partial charge in [0, 0.05) is 25.0 Å². The summed E-state index contributed by atoms with van der Waals surface area (Å²) >= 11 is 0. The Labute approximate surface area is 127 Å². The first kappa shape index (κ1) is 14.9. The Morgan fingerprint density at radius 2 is 1.90 bits per heavy atom. The molecular formula is C17H28N2O2. The zero-order chi connectivity index (χ0) is 14.8. The normalized spacial score (nSPS) is 34.4. The molecule has 3 rings (SSSR count). The molecule has 118 valence electrons. The average molecular weight is 292 g/mol. The highest BCUT2D eigenvalue weighted by molar-refractivity contribution is 5.89. The van der Waals surface area contributed by atoms with Gasteiger partial charge in [0.2, 0.25) is 11.8 Å². The number of nitrogens with zero attached hydrogens (tertiary/aromatic N) is 1. The monoisotopic (exact) mass is 292 g/mol. The molecule has 0 spiro atoms. The van der Waals surface area contributed by atoms with Crippen molar-refractivity contribution in [2.24, 2.45) is 11.8 Å². The second-order valence-corrected chi connectivity index (χ2v) is 7.36. The zero-order valence-electron chi connectivity index (χ0n) is 13.1. The maximum atomic E-state index is 12.4. The van der Waals surface area contributed by atoms with Crippen LogP contribution in [0, 0.1) is 11.8 Å². The van der Waals surface area contributed by atoms with Crippen molar-refractivity contribution in [2.75, 3.05) is 6.54 Å². The molecule has 0 unspecified atom stereocenters. The largest absolute Gasteiger partial charge is 0.353 e. The van der Waals surface area contributed by atoms with Crippen LogP contribution in [-0.4, -0.2) is 35.3 Å². The van der Waals surface area contributed by atoms with E-state index in [1.165, 1.54) is 25.7 Å². The molecule has 1 saturated heterocycles. The van der Waals surface area contributed by atoms with Crippen LogP contribution in [-0.2, 0) is 9.59 Å². The van der Waals surface area contributed by atoms with Crippen LogP contribution in [0.25, 0.3) is 0 Å². The van der Waals surface area contributed by atoms with Crippen LogP contribution in [0.5, 0.6) is 0 Å². The molecule has 1 heterocycles. The van der Waals surface area contributed by atoms with E-state index in [0.717, 1.165) is 25.7 Å². The number of carbonyl (C=O) groups is 2. The minimum atomic E-state index is -0.115. The zero-order valence-corrected chi connectivity index (χ0v) is 13.1. The summed E-state index contributed by atoms with van der Waals surface area (Å²) in [5.41, 5.74) is 0. The maximum Gasteiger partial charge on any atom is 0.225 e. The Hall–Kier alpha value is -1.06. The third-order valence-corrected chi connectivity index (χ3v) is 5.58. The quantitative estimate of drug-likeness (QED) is 0.868. The Kier molecular flexibility index (Phi) is 4.51. The number of hydrogen-bond donors (Lipinski definition) is 1. The van der Waals surface area contributed by atoms with Gasteiger partial charge in [0.25, 0.3) is 0 Å². The lowest BCUT2D eigenvalue weighted by Gasteiger charge is -2.28. The van der Waals surface area contributed by atoms with Crippen molar-refractivity contribution in [3.63, 3.8) is 0 Å². The van der Waals surface area contributed by atoms with Gasteiger partial charge in [-0.2, -0.15) is 0 Å². The molecule has 1 N–H and O–H groups in total. The van der Waals surface area contributed by atoms with Crippen molar-refractivity contribution in [1.82, 2.24) is 10.2 Å². The summed E-state index contributed by atoms with van der Waals surface area (Å²) in [4.78, 5) is 26.6. The first-order valence-electron chi connectivity index (χ1n) is 8.73. The first-order chi connectivity index (χ1) is 10.1. The fraction of sp³-hybridized carbons (Fsp3) is 0.882. The van der Waals surface area contributed by atoms with E-state index in [-0.39, 0.29) is 17.7 Å². The van der Waals surface area contributed by atoms with Crippen LogP contribution in [0.3, 0.4) is 0 Å². The van der Waals surface area contributed by atoms with Crippen LogP contribution in [0.2, 0.25) is 0 Å². The lowest BCUT2D eigenvalue weighted by molar-refractivity contribution is -0.130. The minimum Gasteiger partial charge on any atom is -0.353 e. The summed E-state index contributed by atoms with van der Waals surface area (Å²) in [7, 11) is 0. The topological polar surface area (TPSA) is 49.4 Å². The molecule has 0 aromatic carbocycles. The van der Waals surface area contributed by atoms with E-state index >= 15 is 0 Å². The highest BCUT2D eigenvalue weighted by Crippen LogP contribution is 2.30. The van der Waals surface area contributed by atoms with Crippen molar-refractivity contribution in [3.05, 3.63) is 0 Å². The molecule has 1 aliphatic heterocycles. The van der Waals surface area contributed by atoms with E-state index in [1.54, 1.807) is 0 Å². The van der Waals surface area contributed by atoms with E-state index in [2.05, 4.69) is 12.2 Å². The van der Waals surface area contributed by atoms with Crippen LogP contribution < -0.4 is 5.32 Å². The fourth-order valence-corrected chi connectivity index (χ4v) is 4.36. The summed E-state index contributed by atoms with van der Waals surface area (Å²) < 4.78 is 0. The molecule has 0 bridgehead atoms. The van der Waals surface area contributed by atoms with Crippen molar-refractivity contribution >= 4 is 11.8 Å². The van der Waals surface area contributed by atoms with Crippen LogP contribution in [0.4, 0.5) is 0 Å². The number of hydrogen-bond acceptors (Lipinski definition) is 2. The molecule has 3 aliphatic rings. The van der Waals surface area contributed by atoms with Gasteiger partial charge in [0.1, 0.15) is 0 Å². The first-order valence-corrected chi connectivity index (χ1v) is 8.73. The van der Waals surface area contributed by atoms with Gasteiger partial charge < -0.3 is 10.2 Å². The lowest BCUT2D eigenvalue weighted by atomic mass is 9.87. The molecule has 2 amide bonds. The van der Waals surface area contributed by atoms with Gasteiger partial charge in [0.05, 0.1) is 5.92 Å². The second kappa shape index (κ2) is 6.37. The third kappa shape index (κ3) is 3.41. The molecule has 2 saturated carbocycles. The molecule has 4 nitrogen and oxygen atoms in total. The standard InChI is InChI=1S/C17H28N2O2/c1-12-5-4-6-14(9-12)18-17(21)13-10-16(20)19(11-13)15-7-2-3-8-15/h12-15H,2-11H2,1H3,(H,18,21)/t12-,13+,14-/m1/s1. The van der Waals surface area contributed by atoms with Gasteiger partial charge in [-0.3, -0.25) is 9.59 Å². The maximum absolute atomic E-state index is 12.4. The van der Waals surface area contributed by atoms with Crippen LogP contribution >= 0.6 is 0 Å². The van der Waals surface area contributed by atoms with Crippen molar-refractivity contribution in [3.8, 4) is 0 Å². The molecule has 0 aromatic heterocycles. The number of likely N-dealkylation sites (tertiary alicyclic amines) is 1. The summed E-state index contributed by atoms with van der Waals surface area (Å²) in [6.07, 6.45) is 9.82. The van der Waals surface area contributed by atoms with Crippen LogP contribution in [0.1, 0.15) is 64.7 Å². The van der Waals surface area contributed by atoms with Gasteiger partial charge >= 0.3 is 0 Å². The third-order valence-electron chi connectivity index (χ3n) is 5.58. The molecule has 21 heavy (non-hydrogen) atoms. The minimum absolute atomic E-state index is 0.114. The summed E-state index contributed by atoms with van der Waals surface area (Å²) in [5, 5.41) is 3.21. The Balaban J connectivity index is 1.52. The fourth-order valence-electron chi connectivity index (χ4n) is 4.36.